The summed E-state index contributed by atoms with van der Waals surface area (Å²) < 4.78 is 34.6. The van der Waals surface area contributed by atoms with E-state index in [1.807, 2.05) is 18.2 Å². The lowest BCUT2D eigenvalue weighted by molar-refractivity contribution is -0.132. The van der Waals surface area contributed by atoms with E-state index in [1.54, 1.807) is 12.5 Å². The molecule has 0 aliphatic heterocycles. The summed E-state index contributed by atoms with van der Waals surface area (Å²) in [6.45, 7) is 7.75. The van der Waals surface area contributed by atoms with E-state index in [4.69, 9.17) is 9.84 Å². The lowest BCUT2D eigenvalue weighted by atomic mass is 9.88. The van der Waals surface area contributed by atoms with Gasteiger partial charge in [-0.25, -0.2) is 18.6 Å². The Hall–Kier alpha value is -3.59. The molecular formula is C27H28F2N2O4S. The number of aromatic nitrogens is 1. The molecule has 0 saturated heterocycles. The Balaban J connectivity index is 1.82. The third-order valence-electron chi connectivity index (χ3n) is 5.49. The predicted octanol–water partition coefficient (Wildman–Crippen LogP) is 6.82. The first kappa shape index (κ1) is 27.0. The Morgan fingerprint density at radius 3 is 2.44 bits per heavy atom. The van der Waals surface area contributed by atoms with Crippen LogP contribution in [0, 0.1) is 17.0 Å². The highest BCUT2D eigenvalue weighted by molar-refractivity contribution is 7.14. The van der Waals surface area contributed by atoms with Crippen LogP contribution in [-0.2, 0) is 11.2 Å². The van der Waals surface area contributed by atoms with Crippen molar-refractivity contribution in [3.05, 3.63) is 69.6 Å². The van der Waals surface area contributed by atoms with E-state index < -0.39 is 29.1 Å². The fraction of sp³-hybridized carbons (Fsp3) is 0.296. The Kier molecular flexibility index (Phi) is 8.24. The SMILES string of the molecule is COc1c(CCC(C)(C)C)cccc1-c1csc(NC(=O)c2cc(F)c(/C=C(\C)C(=O)O)c(F)c2)n1. The van der Waals surface area contributed by atoms with Gasteiger partial charge in [0.25, 0.3) is 5.91 Å². The average Bonchev–Trinajstić information content (AvgIpc) is 3.26. The number of carbonyl (C=O) groups excluding carboxylic acids is 1. The van der Waals surface area contributed by atoms with Crippen molar-refractivity contribution in [2.24, 2.45) is 5.41 Å². The second-order valence-corrected chi connectivity index (χ2v) is 10.4. The van der Waals surface area contributed by atoms with Crippen LogP contribution in [0.1, 0.15) is 55.6 Å². The van der Waals surface area contributed by atoms with E-state index in [0.29, 0.717) is 5.69 Å². The molecule has 0 radical (unpaired) electrons. The molecule has 0 aliphatic rings. The number of halogens is 2. The van der Waals surface area contributed by atoms with Crippen molar-refractivity contribution in [1.29, 1.82) is 0 Å². The van der Waals surface area contributed by atoms with Crippen LogP contribution in [0.5, 0.6) is 5.75 Å². The van der Waals surface area contributed by atoms with E-state index in [9.17, 15) is 18.4 Å². The lowest BCUT2D eigenvalue weighted by Gasteiger charge is -2.19. The molecule has 0 aliphatic carbocycles. The van der Waals surface area contributed by atoms with Crippen molar-refractivity contribution in [1.82, 2.24) is 4.98 Å². The number of methoxy groups -OCH3 is 1. The van der Waals surface area contributed by atoms with Gasteiger partial charge in [-0.3, -0.25) is 10.1 Å². The van der Waals surface area contributed by atoms with Crippen molar-refractivity contribution < 1.29 is 28.2 Å². The molecule has 0 fully saturated rings. The zero-order valence-electron chi connectivity index (χ0n) is 20.7. The molecule has 3 rings (SSSR count). The summed E-state index contributed by atoms with van der Waals surface area (Å²) in [6, 6.07) is 7.55. The van der Waals surface area contributed by atoms with Crippen LogP contribution >= 0.6 is 11.3 Å². The van der Waals surface area contributed by atoms with Gasteiger partial charge in [-0.2, -0.15) is 0 Å². The van der Waals surface area contributed by atoms with Crippen LogP contribution in [0.4, 0.5) is 13.9 Å². The fourth-order valence-electron chi connectivity index (χ4n) is 3.49. The quantitative estimate of drug-likeness (QED) is 0.322. The molecule has 1 aromatic heterocycles. The smallest absolute Gasteiger partial charge is 0.331 e. The number of carboxylic acids is 1. The minimum Gasteiger partial charge on any atom is -0.496 e. The van der Waals surface area contributed by atoms with Crippen LogP contribution in [0.3, 0.4) is 0 Å². The number of benzene rings is 2. The highest BCUT2D eigenvalue weighted by atomic mass is 32.1. The van der Waals surface area contributed by atoms with Crippen molar-refractivity contribution in [3.8, 4) is 17.0 Å². The Bertz CT molecular complexity index is 1300. The zero-order chi connectivity index (χ0) is 26.6. The number of aliphatic carboxylic acids is 1. The van der Waals surface area contributed by atoms with Gasteiger partial charge in [0, 0.05) is 27.6 Å². The summed E-state index contributed by atoms with van der Waals surface area (Å²) in [7, 11) is 1.61. The zero-order valence-corrected chi connectivity index (χ0v) is 21.6. The van der Waals surface area contributed by atoms with Crippen LogP contribution in [0.2, 0.25) is 0 Å². The maximum atomic E-state index is 14.4. The highest BCUT2D eigenvalue weighted by Gasteiger charge is 2.19. The molecule has 36 heavy (non-hydrogen) atoms. The number of carboxylic acid groups (broad SMARTS) is 1. The van der Waals surface area contributed by atoms with E-state index in [1.165, 1.54) is 18.3 Å². The molecule has 9 heteroatoms. The molecule has 0 unspecified atom stereocenters. The predicted molar refractivity (Wildman–Crippen MR) is 137 cm³/mol. The maximum absolute atomic E-state index is 14.4. The van der Waals surface area contributed by atoms with E-state index in [0.717, 1.165) is 47.9 Å². The molecule has 1 heterocycles. The summed E-state index contributed by atoms with van der Waals surface area (Å²) >= 11 is 1.17. The number of hydrogen-bond donors (Lipinski definition) is 2. The molecular weight excluding hydrogens is 486 g/mol. The number of thiazole rings is 1. The first-order chi connectivity index (χ1) is 16.9. The summed E-state index contributed by atoms with van der Waals surface area (Å²) in [5.74, 6) is -3.42. The van der Waals surface area contributed by atoms with Crippen molar-refractivity contribution in [2.45, 2.75) is 40.5 Å². The molecule has 3 aromatic rings. The standard InChI is InChI=1S/C27H28F2N2O4S/c1-15(25(33)34)11-19-20(28)12-17(13-21(19)29)24(32)31-26-30-22(14-36-26)18-8-6-7-16(23(18)35-5)9-10-27(2,3)4/h6-8,11-14H,9-10H2,1-5H3,(H,33,34)(H,30,31,32)/b15-11+. The first-order valence-corrected chi connectivity index (χ1v) is 12.1. The van der Waals surface area contributed by atoms with Gasteiger partial charge >= 0.3 is 5.97 Å². The second-order valence-electron chi connectivity index (χ2n) is 9.54. The van der Waals surface area contributed by atoms with Gasteiger partial charge < -0.3 is 9.84 Å². The Morgan fingerprint density at radius 2 is 1.86 bits per heavy atom. The number of aryl methyl sites for hydroxylation is 1. The number of carbonyl (C=O) groups is 2. The van der Waals surface area contributed by atoms with Gasteiger partial charge in [-0.1, -0.05) is 32.9 Å². The molecule has 190 valence electrons. The van der Waals surface area contributed by atoms with Gasteiger partial charge in [0.15, 0.2) is 5.13 Å². The summed E-state index contributed by atoms with van der Waals surface area (Å²) in [6.07, 6.45) is 2.69. The molecule has 0 spiro atoms. The third kappa shape index (κ3) is 6.54. The van der Waals surface area contributed by atoms with Crippen molar-refractivity contribution in [3.63, 3.8) is 0 Å². The third-order valence-corrected chi connectivity index (χ3v) is 6.24. The number of ether oxygens (including phenoxy) is 1. The van der Waals surface area contributed by atoms with E-state index in [2.05, 4.69) is 31.1 Å². The molecule has 1 amide bonds. The largest absolute Gasteiger partial charge is 0.496 e. The van der Waals surface area contributed by atoms with Crippen LogP contribution in [0.25, 0.3) is 17.3 Å². The number of nitrogens with zero attached hydrogens (tertiary/aromatic N) is 1. The van der Waals surface area contributed by atoms with Gasteiger partial charge in [0.2, 0.25) is 0 Å². The molecule has 2 aromatic carbocycles. The minimum atomic E-state index is -1.30. The fourth-order valence-corrected chi connectivity index (χ4v) is 4.20. The number of amides is 1. The number of nitrogens with one attached hydrogen (secondary N) is 1. The van der Waals surface area contributed by atoms with Gasteiger partial charge in [0.1, 0.15) is 17.4 Å². The Morgan fingerprint density at radius 1 is 1.19 bits per heavy atom. The maximum Gasteiger partial charge on any atom is 0.331 e. The molecule has 0 bridgehead atoms. The topological polar surface area (TPSA) is 88.5 Å². The van der Waals surface area contributed by atoms with Crippen LogP contribution in [0.15, 0.2) is 41.3 Å². The molecule has 6 nitrogen and oxygen atoms in total. The number of anilines is 1. The summed E-state index contributed by atoms with van der Waals surface area (Å²) in [4.78, 5) is 28.1. The van der Waals surface area contributed by atoms with Gasteiger partial charge in [-0.05, 0) is 55.0 Å². The van der Waals surface area contributed by atoms with E-state index >= 15 is 0 Å². The summed E-state index contributed by atoms with van der Waals surface area (Å²) in [5.41, 5.74) is 1.59. The Labute approximate surface area is 212 Å². The first-order valence-electron chi connectivity index (χ1n) is 11.2. The monoisotopic (exact) mass is 514 g/mol. The number of para-hydroxylation sites is 1. The minimum absolute atomic E-state index is 0.168. The highest BCUT2D eigenvalue weighted by Crippen LogP contribution is 2.36. The lowest BCUT2D eigenvalue weighted by Crippen LogP contribution is -2.13. The van der Waals surface area contributed by atoms with Crippen LogP contribution < -0.4 is 10.1 Å². The molecule has 0 atom stereocenters. The van der Waals surface area contributed by atoms with Crippen molar-refractivity contribution in [2.75, 3.05) is 12.4 Å². The number of rotatable bonds is 8. The van der Waals surface area contributed by atoms with Gasteiger partial charge in [-0.15, -0.1) is 11.3 Å². The number of hydrogen-bond acceptors (Lipinski definition) is 5. The normalized spacial score (nSPS) is 11.9. The summed E-state index contributed by atoms with van der Waals surface area (Å²) in [5, 5.41) is 13.5. The average molecular weight is 515 g/mol. The van der Waals surface area contributed by atoms with E-state index in [-0.39, 0.29) is 21.7 Å². The van der Waals surface area contributed by atoms with Crippen LogP contribution in [-0.4, -0.2) is 29.1 Å². The molecule has 2 N–H and O–H groups in total. The van der Waals surface area contributed by atoms with Crippen molar-refractivity contribution >= 4 is 34.4 Å². The van der Waals surface area contributed by atoms with Gasteiger partial charge in [0.05, 0.1) is 12.8 Å². The second kappa shape index (κ2) is 11.0. The molecule has 0 saturated carbocycles.